The highest BCUT2D eigenvalue weighted by atomic mass is 16.7. The number of aliphatic hydroxyl groups is 1. The maximum absolute atomic E-state index is 12.7. The van der Waals surface area contributed by atoms with Gasteiger partial charge in [0, 0.05) is 18.2 Å². The largest absolute Gasteiger partial charge is 0.497 e. The Kier molecular flexibility index (Phi) is 5.14. The molecule has 144 valence electrons. The lowest BCUT2D eigenvalue weighted by Crippen LogP contribution is -2.68. The molecule has 4 atom stereocenters. The fourth-order valence-electron chi connectivity index (χ4n) is 3.75. The molecule has 0 aliphatic carbocycles. The number of aliphatic hydroxyl groups excluding tert-OH is 1. The van der Waals surface area contributed by atoms with Crippen molar-refractivity contribution in [1.29, 1.82) is 0 Å². The Morgan fingerprint density at radius 2 is 2.08 bits per heavy atom. The van der Waals surface area contributed by atoms with Crippen molar-refractivity contribution in [2.45, 2.75) is 51.4 Å². The van der Waals surface area contributed by atoms with Crippen LogP contribution in [0.2, 0.25) is 0 Å². The van der Waals surface area contributed by atoms with Gasteiger partial charge in [-0.05, 0) is 32.9 Å². The number of likely N-dealkylation sites (tertiary alicyclic amines) is 1. The Labute approximate surface area is 153 Å². The number of nitrogens with zero attached hydrogens (tertiary/aromatic N) is 1. The van der Waals surface area contributed by atoms with E-state index < -0.39 is 17.8 Å². The van der Waals surface area contributed by atoms with E-state index in [-0.39, 0.29) is 18.1 Å². The van der Waals surface area contributed by atoms with Crippen LogP contribution in [0.25, 0.3) is 0 Å². The average Bonchev–Trinajstić information content (AvgIpc) is 2.95. The van der Waals surface area contributed by atoms with Crippen LogP contribution >= 0.6 is 0 Å². The molecule has 0 radical (unpaired) electrons. The summed E-state index contributed by atoms with van der Waals surface area (Å²) in [5.41, 5.74) is 0.869. The molecular formula is C19H27NO6. The summed E-state index contributed by atoms with van der Waals surface area (Å²) in [7, 11) is 3.18. The van der Waals surface area contributed by atoms with Crippen LogP contribution in [0.4, 0.5) is 0 Å². The van der Waals surface area contributed by atoms with Crippen molar-refractivity contribution in [2.24, 2.45) is 5.92 Å². The van der Waals surface area contributed by atoms with Crippen LogP contribution in [0.5, 0.6) is 11.5 Å². The first kappa shape index (κ1) is 18.9. The summed E-state index contributed by atoms with van der Waals surface area (Å²) in [6.07, 6.45) is -1.01. The molecule has 7 nitrogen and oxygen atoms in total. The zero-order valence-corrected chi connectivity index (χ0v) is 15.9. The Balaban J connectivity index is 1.83. The molecule has 1 amide bonds. The van der Waals surface area contributed by atoms with Gasteiger partial charge in [0.2, 0.25) is 5.91 Å². The molecule has 0 aromatic heterocycles. The normalized spacial score (nSPS) is 28.6. The van der Waals surface area contributed by atoms with Crippen LogP contribution in [0.3, 0.4) is 0 Å². The molecular weight excluding hydrogens is 338 g/mol. The summed E-state index contributed by atoms with van der Waals surface area (Å²) in [6, 6.07) is 5.27. The molecule has 1 unspecified atom stereocenters. The van der Waals surface area contributed by atoms with Gasteiger partial charge >= 0.3 is 0 Å². The standard InChI is InChI=1S/C19H27NO6/c1-11(21)16-17(15-10-25-19(2,3)26-15)20(18(16)22)9-12-6-7-13(23-4)8-14(12)24-5/h6-8,11,15-17,21H,9-10H2,1-5H3/t11-,15?,16-,17-/m1/s1. The van der Waals surface area contributed by atoms with Crippen molar-refractivity contribution >= 4 is 5.91 Å². The summed E-state index contributed by atoms with van der Waals surface area (Å²) < 4.78 is 22.3. The number of β-lactam (4-membered cyclic amide) rings is 1. The average molecular weight is 365 g/mol. The van der Waals surface area contributed by atoms with E-state index in [0.29, 0.717) is 24.7 Å². The molecule has 3 rings (SSSR count). The van der Waals surface area contributed by atoms with Gasteiger partial charge in [-0.3, -0.25) is 4.79 Å². The number of hydrogen-bond donors (Lipinski definition) is 1. The number of methoxy groups -OCH3 is 2. The number of benzene rings is 1. The SMILES string of the molecule is COc1ccc(CN2C(=O)[C@H]([C@@H](C)O)[C@H]2C2COC(C)(C)O2)c(OC)c1. The van der Waals surface area contributed by atoms with Gasteiger partial charge < -0.3 is 29.0 Å². The maximum atomic E-state index is 12.7. The lowest BCUT2D eigenvalue weighted by Gasteiger charge is -2.50. The number of carbonyl (C=O) groups is 1. The Hall–Kier alpha value is -1.83. The predicted molar refractivity (Wildman–Crippen MR) is 94.0 cm³/mol. The zero-order chi connectivity index (χ0) is 19.1. The Bertz CT molecular complexity index is 674. The molecule has 26 heavy (non-hydrogen) atoms. The zero-order valence-electron chi connectivity index (χ0n) is 15.9. The number of rotatable bonds is 6. The Morgan fingerprint density at radius 1 is 1.35 bits per heavy atom. The summed E-state index contributed by atoms with van der Waals surface area (Å²) in [6.45, 7) is 6.11. The van der Waals surface area contributed by atoms with Gasteiger partial charge in [-0.1, -0.05) is 0 Å². The molecule has 2 heterocycles. The van der Waals surface area contributed by atoms with Gasteiger partial charge in [-0.2, -0.15) is 0 Å². The highest BCUT2D eigenvalue weighted by Gasteiger charge is 2.56. The van der Waals surface area contributed by atoms with Crippen molar-refractivity contribution < 1.29 is 28.8 Å². The summed E-state index contributed by atoms with van der Waals surface area (Å²) in [5.74, 6) is 0.0854. The first-order chi connectivity index (χ1) is 12.3. The minimum absolute atomic E-state index is 0.0869. The van der Waals surface area contributed by atoms with Gasteiger partial charge in [0.1, 0.15) is 17.6 Å². The lowest BCUT2D eigenvalue weighted by molar-refractivity contribution is -0.188. The second-order valence-corrected chi connectivity index (χ2v) is 7.27. The van der Waals surface area contributed by atoms with Crippen molar-refractivity contribution in [2.75, 3.05) is 20.8 Å². The fourth-order valence-corrected chi connectivity index (χ4v) is 3.75. The third-order valence-corrected chi connectivity index (χ3v) is 5.06. The minimum atomic E-state index is -0.742. The molecule has 2 saturated heterocycles. The van der Waals surface area contributed by atoms with Gasteiger partial charge in [-0.25, -0.2) is 0 Å². The summed E-state index contributed by atoms with van der Waals surface area (Å²) in [5, 5.41) is 10.1. The first-order valence-electron chi connectivity index (χ1n) is 8.78. The van der Waals surface area contributed by atoms with Crippen molar-refractivity contribution in [1.82, 2.24) is 4.90 Å². The van der Waals surface area contributed by atoms with Crippen LogP contribution in [-0.4, -0.2) is 60.8 Å². The summed E-state index contributed by atoms with van der Waals surface area (Å²) in [4.78, 5) is 14.4. The van der Waals surface area contributed by atoms with Gasteiger partial charge in [0.25, 0.3) is 0 Å². The highest BCUT2D eigenvalue weighted by molar-refractivity contribution is 5.87. The first-order valence-corrected chi connectivity index (χ1v) is 8.78. The number of hydrogen-bond acceptors (Lipinski definition) is 6. The fraction of sp³-hybridized carbons (Fsp3) is 0.632. The maximum Gasteiger partial charge on any atom is 0.231 e. The van der Waals surface area contributed by atoms with Crippen molar-refractivity contribution in [3.05, 3.63) is 23.8 Å². The van der Waals surface area contributed by atoms with Crippen LogP contribution < -0.4 is 9.47 Å². The van der Waals surface area contributed by atoms with E-state index in [2.05, 4.69) is 0 Å². The number of carbonyl (C=O) groups excluding carboxylic acids is 1. The van der Waals surface area contributed by atoms with E-state index in [1.165, 1.54) is 0 Å². The predicted octanol–water partition coefficient (Wildman–Crippen LogP) is 1.56. The molecule has 2 aliphatic heterocycles. The topological polar surface area (TPSA) is 77.5 Å². The number of ether oxygens (including phenoxy) is 4. The van der Waals surface area contributed by atoms with E-state index in [4.69, 9.17) is 18.9 Å². The van der Waals surface area contributed by atoms with E-state index in [9.17, 15) is 9.90 Å². The molecule has 2 fully saturated rings. The smallest absolute Gasteiger partial charge is 0.231 e. The second kappa shape index (κ2) is 7.06. The third kappa shape index (κ3) is 3.39. The molecule has 1 aromatic carbocycles. The lowest BCUT2D eigenvalue weighted by atomic mass is 9.79. The number of amides is 1. The Morgan fingerprint density at radius 3 is 2.62 bits per heavy atom. The van der Waals surface area contributed by atoms with E-state index >= 15 is 0 Å². The molecule has 0 saturated carbocycles. The monoisotopic (exact) mass is 365 g/mol. The molecule has 2 aliphatic rings. The van der Waals surface area contributed by atoms with Crippen LogP contribution in [-0.2, 0) is 20.8 Å². The highest BCUT2D eigenvalue weighted by Crippen LogP contribution is 2.40. The van der Waals surface area contributed by atoms with Crippen LogP contribution in [0, 0.1) is 5.92 Å². The van der Waals surface area contributed by atoms with Crippen molar-refractivity contribution in [3.8, 4) is 11.5 Å². The van der Waals surface area contributed by atoms with Gasteiger partial charge in [0.05, 0.1) is 38.9 Å². The van der Waals surface area contributed by atoms with E-state index in [1.54, 1.807) is 32.1 Å². The summed E-state index contributed by atoms with van der Waals surface area (Å²) >= 11 is 0. The molecule has 0 spiro atoms. The molecule has 7 heteroatoms. The van der Waals surface area contributed by atoms with E-state index in [1.807, 2.05) is 26.0 Å². The third-order valence-electron chi connectivity index (χ3n) is 5.06. The molecule has 1 aromatic rings. The van der Waals surface area contributed by atoms with Crippen LogP contribution in [0.1, 0.15) is 26.3 Å². The second-order valence-electron chi connectivity index (χ2n) is 7.27. The van der Waals surface area contributed by atoms with Crippen LogP contribution in [0.15, 0.2) is 18.2 Å². The minimum Gasteiger partial charge on any atom is -0.497 e. The van der Waals surface area contributed by atoms with Gasteiger partial charge in [0.15, 0.2) is 5.79 Å². The molecule has 1 N–H and O–H groups in total. The van der Waals surface area contributed by atoms with E-state index in [0.717, 1.165) is 5.56 Å². The van der Waals surface area contributed by atoms with Gasteiger partial charge in [-0.15, -0.1) is 0 Å². The molecule has 0 bridgehead atoms. The van der Waals surface area contributed by atoms with Crippen molar-refractivity contribution in [3.63, 3.8) is 0 Å². The quantitative estimate of drug-likeness (QED) is 0.771.